The first-order chi connectivity index (χ1) is 11.2. The minimum absolute atomic E-state index is 0.276. The van der Waals surface area contributed by atoms with Crippen molar-refractivity contribution in [2.24, 2.45) is 5.92 Å². The van der Waals surface area contributed by atoms with Crippen LogP contribution in [0, 0.1) is 5.92 Å². The maximum Gasteiger partial charge on any atom is 0.226 e. The number of benzene rings is 1. The molecular weight excluding hydrogens is 308 g/mol. The second kappa shape index (κ2) is 7.22. The van der Waals surface area contributed by atoms with Gasteiger partial charge < -0.3 is 9.47 Å². The minimum Gasteiger partial charge on any atom is -0.345 e. The molecule has 0 atom stereocenters. The Morgan fingerprint density at radius 1 is 1.30 bits per heavy atom. The number of hydrogen-bond acceptors (Lipinski definition) is 1. The van der Waals surface area contributed by atoms with E-state index in [0.717, 1.165) is 37.4 Å². The highest BCUT2D eigenvalue weighted by atomic mass is 35.5. The van der Waals surface area contributed by atoms with E-state index in [1.54, 1.807) is 0 Å². The fourth-order valence-corrected chi connectivity index (χ4v) is 3.11. The number of aromatic nitrogens is 1. The van der Waals surface area contributed by atoms with Crippen LogP contribution in [0.1, 0.15) is 37.4 Å². The summed E-state index contributed by atoms with van der Waals surface area (Å²) in [7, 11) is 0. The first-order valence-corrected chi connectivity index (χ1v) is 8.72. The average molecular weight is 331 g/mol. The zero-order valence-electron chi connectivity index (χ0n) is 13.5. The lowest BCUT2D eigenvalue weighted by Crippen LogP contribution is -2.33. The lowest BCUT2D eigenvalue weighted by atomic mass is 10.2. The van der Waals surface area contributed by atoms with E-state index in [1.807, 2.05) is 29.2 Å². The molecule has 1 heterocycles. The van der Waals surface area contributed by atoms with Gasteiger partial charge in [-0.05, 0) is 49.1 Å². The summed E-state index contributed by atoms with van der Waals surface area (Å²) in [4.78, 5) is 14.5. The maximum atomic E-state index is 12.4. The van der Waals surface area contributed by atoms with Crippen molar-refractivity contribution in [1.29, 1.82) is 0 Å². The first-order valence-electron chi connectivity index (χ1n) is 8.34. The van der Waals surface area contributed by atoms with Crippen molar-refractivity contribution >= 4 is 17.5 Å². The fourth-order valence-electron chi connectivity index (χ4n) is 2.90. The minimum atomic E-state index is 0.276. The van der Waals surface area contributed by atoms with Crippen LogP contribution < -0.4 is 0 Å². The van der Waals surface area contributed by atoms with Crippen molar-refractivity contribution in [3.8, 4) is 0 Å². The Hall–Kier alpha value is -1.74. The molecule has 0 radical (unpaired) electrons. The van der Waals surface area contributed by atoms with E-state index in [2.05, 4.69) is 29.8 Å². The van der Waals surface area contributed by atoms with Crippen LogP contribution in [-0.2, 0) is 17.9 Å². The van der Waals surface area contributed by atoms with Crippen LogP contribution in [0.15, 0.2) is 42.6 Å². The Bertz CT molecular complexity index is 676. The third-order valence-electron chi connectivity index (χ3n) is 4.25. The summed E-state index contributed by atoms with van der Waals surface area (Å²) in [5.74, 6) is 0.597. The molecule has 3 rings (SSSR count). The van der Waals surface area contributed by atoms with Gasteiger partial charge >= 0.3 is 0 Å². The highest BCUT2D eigenvalue weighted by molar-refractivity contribution is 6.30. The van der Waals surface area contributed by atoms with Crippen LogP contribution >= 0.6 is 11.6 Å². The van der Waals surface area contributed by atoms with Crippen molar-refractivity contribution in [2.45, 2.75) is 39.3 Å². The molecule has 23 heavy (non-hydrogen) atoms. The van der Waals surface area contributed by atoms with Gasteiger partial charge in [0.05, 0.1) is 6.54 Å². The number of rotatable bonds is 7. The Balaban J connectivity index is 1.72. The third-order valence-corrected chi connectivity index (χ3v) is 4.49. The predicted molar refractivity (Wildman–Crippen MR) is 93.4 cm³/mol. The highest BCUT2D eigenvalue weighted by Crippen LogP contribution is 2.31. The van der Waals surface area contributed by atoms with Crippen molar-refractivity contribution < 1.29 is 4.79 Å². The Morgan fingerprint density at radius 3 is 2.83 bits per heavy atom. The SMILES string of the molecule is CCCN(Cc1cccn1Cc1cccc(Cl)c1)C(=O)C1CC1. The molecule has 1 aromatic heterocycles. The Labute approximate surface area is 142 Å². The first kappa shape index (κ1) is 16.1. The van der Waals surface area contributed by atoms with Gasteiger partial charge in [0.1, 0.15) is 0 Å². The molecule has 1 aromatic carbocycles. The van der Waals surface area contributed by atoms with Gasteiger partial charge in [-0.3, -0.25) is 4.79 Å². The zero-order chi connectivity index (χ0) is 16.2. The number of hydrogen-bond donors (Lipinski definition) is 0. The van der Waals surface area contributed by atoms with Crippen LogP contribution in [0.2, 0.25) is 5.02 Å². The Morgan fingerprint density at radius 2 is 2.13 bits per heavy atom. The average Bonchev–Trinajstić information content (AvgIpc) is 3.29. The number of carbonyl (C=O) groups excluding carboxylic acids is 1. The van der Waals surface area contributed by atoms with Crippen LogP contribution in [-0.4, -0.2) is 21.9 Å². The maximum absolute atomic E-state index is 12.4. The van der Waals surface area contributed by atoms with E-state index in [0.29, 0.717) is 12.5 Å². The summed E-state index contributed by atoms with van der Waals surface area (Å²) < 4.78 is 2.20. The molecule has 1 aliphatic rings. The predicted octanol–water partition coefficient (Wildman–Crippen LogP) is 4.34. The van der Waals surface area contributed by atoms with Crippen molar-refractivity contribution in [3.05, 3.63) is 58.9 Å². The Kier molecular flexibility index (Phi) is 5.06. The molecule has 122 valence electrons. The smallest absolute Gasteiger partial charge is 0.226 e. The molecule has 0 spiro atoms. The van der Waals surface area contributed by atoms with Gasteiger partial charge in [-0.2, -0.15) is 0 Å². The number of carbonyl (C=O) groups is 1. The summed E-state index contributed by atoms with van der Waals surface area (Å²) in [5, 5.41) is 0.757. The zero-order valence-corrected chi connectivity index (χ0v) is 14.3. The second-order valence-corrected chi connectivity index (χ2v) is 6.73. The van der Waals surface area contributed by atoms with Gasteiger partial charge in [0.15, 0.2) is 0 Å². The number of amides is 1. The molecule has 1 amide bonds. The van der Waals surface area contributed by atoms with Gasteiger partial charge in [0.25, 0.3) is 0 Å². The normalized spacial score (nSPS) is 14.0. The van der Waals surface area contributed by atoms with Crippen molar-refractivity contribution in [1.82, 2.24) is 9.47 Å². The molecule has 0 unspecified atom stereocenters. The van der Waals surface area contributed by atoms with E-state index < -0.39 is 0 Å². The van der Waals surface area contributed by atoms with E-state index in [-0.39, 0.29) is 5.92 Å². The number of halogens is 1. The summed E-state index contributed by atoms with van der Waals surface area (Å²) in [6, 6.07) is 12.1. The van der Waals surface area contributed by atoms with Gasteiger partial charge in [-0.1, -0.05) is 30.7 Å². The quantitative estimate of drug-likeness (QED) is 0.741. The molecule has 1 fully saturated rings. The number of nitrogens with zero attached hydrogens (tertiary/aromatic N) is 2. The molecule has 0 saturated heterocycles. The lowest BCUT2D eigenvalue weighted by molar-refractivity contribution is -0.133. The standard InChI is InChI=1S/C19H23ClN2O/c1-2-10-22(19(23)16-8-9-16)14-18-7-4-11-21(18)13-15-5-3-6-17(20)12-15/h3-7,11-12,16H,2,8-10,13-14H2,1H3. The van der Waals surface area contributed by atoms with E-state index in [4.69, 9.17) is 11.6 Å². The largest absolute Gasteiger partial charge is 0.345 e. The van der Waals surface area contributed by atoms with Crippen LogP contribution in [0.3, 0.4) is 0 Å². The summed E-state index contributed by atoms with van der Waals surface area (Å²) in [6.45, 7) is 4.42. The van der Waals surface area contributed by atoms with E-state index >= 15 is 0 Å². The summed E-state index contributed by atoms with van der Waals surface area (Å²) >= 11 is 6.07. The topological polar surface area (TPSA) is 25.2 Å². The van der Waals surface area contributed by atoms with Gasteiger partial charge in [-0.15, -0.1) is 0 Å². The molecule has 3 nitrogen and oxygen atoms in total. The lowest BCUT2D eigenvalue weighted by Gasteiger charge is -2.23. The molecule has 0 N–H and O–H groups in total. The van der Waals surface area contributed by atoms with E-state index in [1.165, 1.54) is 11.3 Å². The molecule has 0 bridgehead atoms. The third kappa shape index (κ3) is 4.17. The van der Waals surface area contributed by atoms with Crippen molar-refractivity contribution in [2.75, 3.05) is 6.54 Å². The monoisotopic (exact) mass is 330 g/mol. The highest BCUT2D eigenvalue weighted by Gasteiger charge is 2.33. The van der Waals surface area contributed by atoms with Crippen LogP contribution in [0.5, 0.6) is 0 Å². The molecule has 1 aliphatic carbocycles. The molecular formula is C19H23ClN2O. The second-order valence-electron chi connectivity index (χ2n) is 6.29. The fraction of sp³-hybridized carbons (Fsp3) is 0.421. The van der Waals surface area contributed by atoms with Gasteiger partial charge in [0.2, 0.25) is 5.91 Å². The van der Waals surface area contributed by atoms with Crippen LogP contribution in [0.4, 0.5) is 0 Å². The van der Waals surface area contributed by atoms with Gasteiger partial charge in [0, 0.05) is 35.9 Å². The van der Waals surface area contributed by atoms with E-state index in [9.17, 15) is 4.79 Å². The molecule has 0 aliphatic heterocycles. The van der Waals surface area contributed by atoms with Crippen LogP contribution in [0.25, 0.3) is 0 Å². The van der Waals surface area contributed by atoms with Crippen molar-refractivity contribution in [3.63, 3.8) is 0 Å². The van der Waals surface area contributed by atoms with Gasteiger partial charge in [-0.25, -0.2) is 0 Å². The summed E-state index contributed by atoms with van der Waals surface area (Å²) in [5.41, 5.74) is 2.35. The molecule has 4 heteroatoms. The molecule has 2 aromatic rings. The summed E-state index contributed by atoms with van der Waals surface area (Å²) in [6.07, 6.45) is 5.18. The molecule has 1 saturated carbocycles.